The van der Waals surface area contributed by atoms with E-state index >= 15 is 0 Å². The Balaban J connectivity index is 1.42. The molecule has 2 fully saturated rings. The molecule has 29 heavy (non-hydrogen) atoms. The molecule has 2 heterocycles. The highest BCUT2D eigenvalue weighted by molar-refractivity contribution is 6.10. The van der Waals surface area contributed by atoms with Crippen LogP contribution in [-0.4, -0.2) is 42.8 Å². The van der Waals surface area contributed by atoms with Gasteiger partial charge >= 0.3 is 6.18 Å². The van der Waals surface area contributed by atoms with Gasteiger partial charge in [0.2, 0.25) is 0 Å². The molecule has 0 radical (unpaired) electrons. The van der Waals surface area contributed by atoms with Crippen LogP contribution in [0.5, 0.6) is 0 Å². The van der Waals surface area contributed by atoms with Crippen LogP contribution in [0.3, 0.4) is 0 Å². The SMILES string of the molecule is O=C(c1ccc(CN2CCC3(CC2)OCCO3)cc1)c1ccccc1C(F)(F)F. The molecular weight excluding hydrogens is 383 g/mol. The molecule has 0 atom stereocenters. The van der Waals surface area contributed by atoms with Gasteiger partial charge in [-0.15, -0.1) is 0 Å². The van der Waals surface area contributed by atoms with E-state index in [4.69, 9.17) is 9.47 Å². The number of piperidine rings is 1. The summed E-state index contributed by atoms with van der Waals surface area (Å²) >= 11 is 0. The number of halogens is 3. The van der Waals surface area contributed by atoms with Gasteiger partial charge in [-0.05, 0) is 11.6 Å². The van der Waals surface area contributed by atoms with E-state index in [-0.39, 0.29) is 11.1 Å². The Morgan fingerprint density at radius 3 is 2.21 bits per heavy atom. The Morgan fingerprint density at radius 2 is 1.59 bits per heavy atom. The number of rotatable bonds is 4. The van der Waals surface area contributed by atoms with Crippen molar-refractivity contribution in [2.24, 2.45) is 0 Å². The maximum atomic E-state index is 13.2. The van der Waals surface area contributed by atoms with Gasteiger partial charge in [0.1, 0.15) is 0 Å². The molecule has 2 saturated heterocycles. The first-order valence-corrected chi connectivity index (χ1v) is 9.66. The first-order valence-electron chi connectivity index (χ1n) is 9.66. The molecule has 0 unspecified atom stereocenters. The molecule has 2 aliphatic rings. The van der Waals surface area contributed by atoms with Gasteiger partial charge in [0.05, 0.1) is 18.8 Å². The predicted octanol–water partition coefficient (Wildman–Crippen LogP) is 4.28. The molecule has 4 nitrogen and oxygen atoms in total. The topological polar surface area (TPSA) is 38.8 Å². The van der Waals surface area contributed by atoms with Crippen molar-refractivity contribution < 1.29 is 27.4 Å². The van der Waals surface area contributed by atoms with Gasteiger partial charge in [0, 0.05) is 43.6 Å². The molecule has 0 N–H and O–H groups in total. The van der Waals surface area contributed by atoms with Crippen molar-refractivity contribution in [2.45, 2.75) is 31.3 Å². The number of hydrogen-bond acceptors (Lipinski definition) is 4. The van der Waals surface area contributed by atoms with Crippen LogP contribution in [0.2, 0.25) is 0 Å². The molecule has 0 saturated carbocycles. The Hall–Kier alpha value is -2.22. The van der Waals surface area contributed by atoms with Gasteiger partial charge in [0.25, 0.3) is 0 Å². The molecule has 2 aromatic rings. The van der Waals surface area contributed by atoms with E-state index in [0.29, 0.717) is 19.8 Å². The lowest BCUT2D eigenvalue weighted by Crippen LogP contribution is -2.44. The van der Waals surface area contributed by atoms with Crippen molar-refractivity contribution >= 4 is 5.78 Å². The number of alkyl halides is 3. The molecule has 2 aliphatic heterocycles. The minimum Gasteiger partial charge on any atom is -0.347 e. The summed E-state index contributed by atoms with van der Waals surface area (Å²) < 4.78 is 51.0. The molecule has 0 amide bonds. The lowest BCUT2D eigenvalue weighted by molar-refractivity contribution is -0.185. The molecule has 0 bridgehead atoms. The van der Waals surface area contributed by atoms with Gasteiger partial charge in [0.15, 0.2) is 11.6 Å². The van der Waals surface area contributed by atoms with Crippen molar-refractivity contribution in [1.29, 1.82) is 0 Å². The van der Waals surface area contributed by atoms with Crippen LogP contribution in [0.1, 0.15) is 39.9 Å². The fourth-order valence-electron chi connectivity index (χ4n) is 3.94. The van der Waals surface area contributed by atoms with Crippen molar-refractivity contribution in [3.63, 3.8) is 0 Å². The number of ether oxygens (including phenoxy) is 2. The van der Waals surface area contributed by atoms with Crippen LogP contribution in [0.25, 0.3) is 0 Å². The summed E-state index contributed by atoms with van der Waals surface area (Å²) in [7, 11) is 0. The van der Waals surface area contributed by atoms with E-state index in [1.807, 2.05) is 0 Å². The summed E-state index contributed by atoms with van der Waals surface area (Å²) in [5.41, 5.74) is 0.0176. The normalized spacial score (nSPS) is 19.6. The maximum Gasteiger partial charge on any atom is 0.417 e. The number of carbonyl (C=O) groups is 1. The largest absolute Gasteiger partial charge is 0.417 e. The summed E-state index contributed by atoms with van der Waals surface area (Å²) in [6.07, 6.45) is -2.93. The molecule has 4 rings (SSSR count). The monoisotopic (exact) mass is 405 g/mol. The van der Waals surface area contributed by atoms with E-state index < -0.39 is 23.3 Å². The second kappa shape index (κ2) is 7.89. The fourth-order valence-corrected chi connectivity index (χ4v) is 3.94. The second-order valence-electron chi connectivity index (χ2n) is 7.45. The van der Waals surface area contributed by atoms with E-state index in [2.05, 4.69) is 4.90 Å². The summed E-state index contributed by atoms with van der Waals surface area (Å²) in [5.74, 6) is -1.04. The highest BCUT2D eigenvalue weighted by atomic mass is 19.4. The third-order valence-electron chi connectivity index (χ3n) is 5.53. The third kappa shape index (κ3) is 4.37. The number of benzene rings is 2. The van der Waals surface area contributed by atoms with E-state index in [1.165, 1.54) is 18.2 Å². The smallest absolute Gasteiger partial charge is 0.347 e. The zero-order valence-electron chi connectivity index (χ0n) is 15.9. The Morgan fingerprint density at radius 1 is 0.966 bits per heavy atom. The minimum absolute atomic E-state index is 0.246. The number of nitrogens with zero attached hydrogens (tertiary/aromatic N) is 1. The molecule has 2 aromatic carbocycles. The van der Waals surface area contributed by atoms with E-state index in [1.54, 1.807) is 24.3 Å². The number of carbonyl (C=O) groups excluding carboxylic acids is 1. The standard InChI is InChI=1S/C22H22F3NO3/c23-22(24,25)19-4-2-1-3-18(19)20(27)17-7-5-16(6-8-17)15-26-11-9-21(10-12-26)28-13-14-29-21/h1-8H,9-15H2. The highest BCUT2D eigenvalue weighted by Crippen LogP contribution is 2.33. The van der Waals surface area contributed by atoms with Crippen molar-refractivity contribution in [1.82, 2.24) is 4.90 Å². The molecule has 1 spiro atoms. The second-order valence-corrected chi connectivity index (χ2v) is 7.45. The minimum atomic E-state index is -4.56. The predicted molar refractivity (Wildman–Crippen MR) is 100 cm³/mol. The molecule has 154 valence electrons. The van der Waals surface area contributed by atoms with Crippen molar-refractivity contribution in [2.75, 3.05) is 26.3 Å². The van der Waals surface area contributed by atoms with Gasteiger partial charge in [-0.25, -0.2) is 0 Å². The Labute approximate surface area is 167 Å². The lowest BCUT2D eigenvalue weighted by atomic mass is 9.97. The highest BCUT2D eigenvalue weighted by Gasteiger charge is 2.39. The maximum absolute atomic E-state index is 13.2. The van der Waals surface area contributed by atoms with E-state index in [0.717, 1.165) is 37.6 Å². The average molecular weight is 405 g/mol. The van der Waals surface area contributed by atoms with Crippen LogP contribution in [0.15, 0.2) is 48.5 Å². The van der Waals surface area contributed by atoms with Gasteiger partial charge in [-0.1, -0.05) is 42.5 Å². The van der Waals surface area contributed by atoms with Gasteiger partial charge < -0.3 is 9.47 Å². The fraction of sp³-hybridized carbons (Fsp3) is 0.409. The molecule has 0 aliphatic carbocycles. The molecular formula is C22H22F3NO3. The summed E-state index contributed by atoms with van der Waals surface area (Å²) in [6, 6.07) is 11.7. The molecule has 7 heteroatoms. The van der Waals surface area contributed by atoms with Crippen LogP contribution in [0, 0.1) is 0 Å². The quantitative estimate of drug-likeness (QED) is 0.712. The average Bonchev–Trinajstić information content (AvgIpc) is 3.17. The number of likely N-dealkylation sites (tertiary alicyclic amines) is 1. The Bertz CT molecular complexity index is 864. The van der Waals surface area contributed by atoms with Crippen molar-refractivity contribution in [3.05, 3.63) is 70.8 Å². The van der Waals surface area contributed by atoms with Crippen LogP contribution < -0.4 is 0 Å². The lowest BCUT2D eigenvalue weighted by Gasteiger charge is -2.37. The van der Waals surface area contributed by atoms with Crippen LogP contribution >= 0.6 is 0 Å². The first kappa shape index (κ1) is 20.1. The van der Waals surface area contributed by atoms with Crippen LogP contribution in [-0.2, 0) is 22.2 Å². The Kier molecular flexibility index (Phi) is 5.46. The third-order valence-corrected chi connectivity index (χ3v) is 5.53. The van der Waals surface area contributed by atoms with Crippen LogP contribution in [0.4, 0.5) is 13.2 Å². The van der Waals surface area contributed by atoms with Gasteiger partial charge in [-0.2, -0.15) is 13.2 Å². The van der Waals surface area contributed by atoms with Gasteiger partial charge in [-0.3, -0.25) is 9.69 Å². The van der Waals surface area contributed by atoms with Crippen molar-refractivity contribution in [3.8, 4) is 0 Å². The first-order chi connectivity index (χ1) is 13.9. The zero-order valence-corrected chi connectivity index (χ0v) is 15.9. The number of hydrogen-bond donors (Lipinski definition) is 0. The summed E-state index contributed by atoms with van der Waals surface area (Å²) in [5, 5.41) is 0. The zero-order chi connectivity index (χ0) is 20.5. The summed E-state index contributed by atoms with van der Waals surface area (Å²) in [6.45, 7) is 3.70. The van der Waals surface area contributed by atoms with E-state index in [9.17, 15) is 18.0 Å². The molecule has 0 aromatic heterocycles. The summed E-state index contributed by atoms with van der Waals surface area (Å²) in [4.78, 5) is 14.9. The number of ketones is 1.